The Kier molecular flexibility index (Phi) is 6.17. The summed E-state index contributed by atoms with van der Waals surface area (Å²) in [7, 11) is -3.24. The first-order valence-corrected chi connectivity index (χ1v) is 9.76. The normalized spacial score (nSPS) is 17.9. The van der Waals surface area contributed by atoms with Crippen LogP contribution in [0, 0.1) is 12.8 Å². The van der Waals surface area contributed by atoms with Crippen LogP contribution >= 0.6 is 0 Å². The number of aryl methyl sites for hydroxylation is 1. The van der Waals surface area contributed by atoms with E-state index in [1.807, 2.05) is 0 Å². The number of hydrogen-bond acceptors (Lipinski definition) is 7. The lowest BCUT2D eigenvalue weighted by molar-refractivity contribution is -0.158. The zero-order chi connectivity index (χ0) is 18.6. The predicted molar refractivity (Wildman–Crippen MR) is 89.2 cm³/mol. The largest absolute Gasteiger partial charge is 0.452 e. The van der Waals surface area contributed by atoms with Gasteiger partial charge in [0.2, 0.25) is 15.9 Å². The number of sulfonamides is 1. The first-order chi connectivity index (χ1) is 11.7. The molecule has 1 atom stereocenters. The van der Waals surface area contributed by atoms with Gasteiger partial charge in [0.05, 0.1) is 17.4 Å². The van der Waals surface area contributed by atoms with E-state index in [4.69, 9.17) is 9.26 Å². The molecule has 9 nitrogen and oxygen atoms in total. The van der Waals surface area contributed by atoms with E-state index in [0.29, 0.717) is 18.5 Å². The molecule has 1 N–H and O–H groups in total. The summed E-state index contributed by atoms with van der Waals surface area (Å²) < 4.78 is 35.1. The molecule has 0 bridgehead atoms. The molecule has 1 amide bonds. The predicted octanol–water partition coefficient (Wildman–Crippen LogP) is 0.915. The molecule has 1 saturated heterocycles. The quantitative estimate of drug-likeness (QED) is 0.736. The highest BCUT2D eigenvalue weighted by molar-refractivity contribution is 7.89. The average molecular weight is 373 g/mol. The average Bonchev–Trinajstić information content (AvgIpc) is 2.99. The van der Waals surface area contributed by atoms with Crippen molar-refractivity contribution in [2.24, 2.45) is 5.92 Å². The fourth-order valence-electron chi connectivity index (χ4n) is 2.52. The van der Waals surface area contributed by atoms with Crippen molar-refractivity contribution in [2.75, 3.05) is 24.2 Å². The molecule has 1 unspecified atom stereocenters. The molecule has 2 heterocycles. The van der Waals surface area contributed by atoms with Gasteiger partial charge in [0, 0.05) is 19.2 Å². The Morgan fingerprint density at radius 3 is 2.60 bits per heavy atom. The van der Waals surface area contributed by atoms with Crippen molar-refractivity contribution in [3.05, 3.63) is 11.8 Å². The van der Waals surface area contributed by atoms with E-state index in [2.05, 4.69) is 10.5 Å². The molecule has 0 spiro atoms. The van der Waals surface area contributed by atoms with Crippen LogP contribution in [0.15, 0.2) is 10.6 Å². The van der Waals surface area contributed by atoms with Crippen LogP contribution in [0.2, 0.25) is 0 Å². The molecule has 2 rings (SSSR count). The zero-order valence-electron chi connectivity index (χ0n) is 14.5. The maximum absolute atomic E-state index is 12.2. The second-order valence-electron chi connectivity index (χ2n) is 5.97. The third kappa shape index (κ3) is 5.02. The topological polar surface area (TPSA) is 119 Å². The minimum atomic E-state index is -3.24. The number of nitrogens with zero attached hydrogens (tertiary/aromatic N) is 2. The van der Waals surface area contributed by atoms with Gasteiger partial charge in [-0.3, -0.25) is 14.9 Å². The SMILES string of the molecule is CCS(=O)(=O)N1CCC(C(=O)OC(C)C(=O)Nc2cc(C)no2)CC1. The number of rotatable bonds is 6. The minimum absolute atomic E-state index is 0.0421. The van der Waals surface area contributed by atoms with Crippen LogP contribution in [0.1, 0.15) is 32.4 Å². The molecule has 0 aromatic carbocycles. The Morgan fingerprint density at radius 2 is 2.08 bits per heavy atom. The molecule has 10 heteroatoms. The second-order valence-corrected chi connectivity index (χ2v) is 8.23. The summed E-state index contributed by atoms with van der Waals surface area (Å²) in [5.41, 5.74) is 0.619. The van der Waals surface area contributed by atoms with Crippen molar-refractivity contribution in [3.63, 3.8) is 0 Å². The fourth-order valence-corrected chi connectivity index (χ4v) is 3.65. The first-order valence-electron chi connectivity index (χ1n) is 8.15. The van der Waals surface area contributed by atoms with Crippen LogP contribution in [0.25, 0.3) is 0 Å². The maximum atomic E-state index is 12.2. The third-order valence-corrected chi connectivity index (χ3v) is 5.96. The fraction of sp³-hybridized carbons (Fsp3) is 0.667. The summed E-state index contributed by atoms with van der Waals surface area (Å²) in [4.78, 5) is 24.2. The molecule has 140 valence electrons. The van der Waals surface area contributed by atoms with Crippen molar-refractivity contribution in [1.82, 2.24) is 9.46 Å². The third-order valence-electron chi connectivity index (χ3n) is 4.08. The van der Waals surface area contributed by atoms with Crippen LogP contribution in [-0.4, -0.2) is 54.7 Å². The molecule has 0 aliphatic carbocycles. The number of hydrogen-bond donors (Lipinski definition) is 1. The summed E-state index contributed by atoms with van der Waals surface area (Å²) in [6.45, 7) is 5.34. The highest BCUT2D eigenvalue weighted by Gasteiger charge is 2.32. The van der Waals surface area contributed by atoms with Gasteiger partial charge in [-0.25, -0.2) is 12.7 Å². The number of ether oxygens (including phenoxy) is 1. The Balaban J connectivity index is 1.82. The number of nitrogens with one attached hydrogen (secondary N) is 1. The molecule has 0 saturated carbocycles. The Labute approximate surface area is 146 Å². The summed E-state index contributed by atoms with van der Waals surface area (Å²) in [5, 5.41) is 6.12. The molecule has 1 aliphatic rings. The lowest BCUT2D eigenvalue weighted by atomic mass is 9.98. The number of piperidine rings is 1. The number of carbonyl (C=O) groups excluding carboxylic acids is 2. The van der Waals surface area contributed by atoms with E-state index in [0.717, 1.165) is 0 Å². The van der Waals surface area contributed by atoms with Crippen LogP contribution < -0.4 is 5.32 Å². The molecule has 1 fully saturated rings. The van der Waals surface area contributed by atoms with Crippen molar-refractivity contribution in [3.8, 4) is 0 Å². The van der Waals surface area contributed by atoms with Crippen molar-refractivity contribution in [2.45, 2.75) is 39.7 Å². The minimum Gasteiger partial charge on any atom is -0.452 e. The highest BCUT2D eigenvalue weighted by atomic mass is 32.2. The smallest absolute Gasteiger partial charge is 0.309 e. The number of amides is 1. The lowest BCUT2D eigenvalue weighted by Gasteiger charge is -2.30. The molecular weight excluding hydrogens is 350 g/mol. The summed E-state index contributed by atoms with van der Waals surface area (Å²) >= 11 is 0. The van der Waals surface area contributed by atoms with Crippen LogP contribution in [0.3, 0.4) is 0 Å². The number of aromatic nitrogens is 1. The van der Waals surface area contributed by atoms with Crippen molar-refractivity contribution >= 4 is 27.8 Å². The van der Waals surface area contributed by atoms with Crippen LogP contribution in [0.4, 0.5) is 5.88 Å². The molecule has 25 heavy (non-hydrogen) atoms. The van der Waals surface area contributed by atoms with E-state index >= 15 is 0 Å². The van der Waals surface area contributed by atoms with E-state index in [-0.39, 0.29) is 24.7 Å². The standard InChI is InChI=1S/C15H23N3O6S/c1-4-25(21,22)18-7-5-12(6-8-18)15(20)23-11(3)14(19)16-13-9-10(2)17-24-13/h9,11-12H,4-8H2,1-3H3,(H,16,19). The molecule has 1 aromatic rings. The summed E-state index contributed by atoms with van der Waals surface area (Å²) in [5.74, 6) is -1.20. The summed E-state index contributed by atoms with van der Waals surface area (Å²) in [6.07, 6.45) is -0.225. The Hall–Kier alpha value is -1.94. The molecule has 0 radical (unpaired) electrons. The van der Waals surface area contributed by atoms with Gasteiger partial charge in [0.1, 0.15) is 0 Å². The maximum Gasteiger partial charge on any atom is 0.309 e. The van der Waals surface area contributed by atoms with E-state index in [1.165, 1.54) is 11.2 Å². The van der Waals surface area contributed by atoms with Gasteiger partial charge < -0.3 is 9.26 Å². The molecule has 1 aromatic heterocycles. The van der Waals surface area contributed by atoms with E-state index in [1.54, 1.807) is 19.9 Å². The van der Waals surface area contributed by atoms with Gasteiger partial charge >= 0.3 is 5.97 Å². The van der Waals surface area contributed by atoms with Crippen molar-refractivity contribution < 1.29 is 27.3 Å². The van der Waals surface area contributed by atoms with Gasteiger partial charge in [0.15, 0.2) is 6.10 Å². The van der Waals surface area contributed by atoms with Gasteiger partial charge in [-0.2, -0.15) is 0 Å². The van der Waals surface area contributed by atoms with E-state index < -0.39 is 33.9 Å². The number of carbonyl (C=O) groups is 2. The molecular formula is C15H23N3O6S. The molecule has 1 aliphatic heterocycles. The highest BCUT2D eigenvalue weighted by Crippen LogP contribution is 2.21. The Morgan fingerprint density at radius 1 is 1.44 bits per heavy atom. The Bertz CT molecular complexity index is 721. The van der Waals surface area contributed by atoms with Crippen LogP contribution in [0.5, 0.6) is 0 Å². The van der Waals surface area contributed by atoms with Crippen molar-refractivity contribution in [1.29, 1.82) is 0 Å². The monoisotopic (exact) mass is 373 g/mol. The van der Waals surface area contributed by atoms with Crippen LogP contribution in [-0.2, 0) is 24.3 Å². The van der Waals surface area contributed by atoms with Gasteiger partial charge in [0.25, 0.3) is 5.91 Å². The summed E-state index contributed by atoms with van der Waals surface area (Å²) in [6, 6.07) is 1.55. The van der Waals surface area contributed by atoms with Gasteiger partial charge in [-0.05, 0) is 33.6 Å². The second kappa shape index (κ2) is 7.96. The van der Waals surface area contributed by atoms with Gasteiger partial charge in [-0.1, -0.05) is 5.16 Å². The van der Waals surface area contributed by atoms with Gasteiger partial charge in [-0.15, -0.1) is 0 Å². The first kappa shape index (κ1) is 19.4. The lowest BCUT2D eigenvalue weighted by Crippen LogP contribution is -2.42. The number of anilines is 1. The van der Waals surface area contributed by atoms with E-state index in [9.17, 15) is 18.0 Å². The number of esters is 1. The zero-order valence-corrected chi connectivity index (χ0v) is 15.3.